The van der Waals surface area contributed by atoms with Gasteiger partial charge in [0.25, 0.3) is 0 Å². The van der Waals surface area contributed by atoms with Crippen LogP contribution in [0.4, 0.5) is 0 Å². The van der Waals surface area contributed by atoms with Gasteiger partial charge in [-0.25, -0.2) is 0 Å². The van der Waals surface area contributed by atoms with E-state index in [4.69, 9.17) is 5.73 Å². The Morgan fingerprint density at radius 3 is 2.27 bits per heavy atom. The van der Waals surface area contributed by atoms with E-state index >= 15 is 0 Å². The number of carbonyl (C=O) groups is 1. The Labute approximate surface area is 90.8 Å². The molecule has 0 aliphatic carbocycles. The highest BCUT2D eigenvalue weighted by molar-refractivity contribution is 5.76. The minimum Gasteiger partial charge on any atom is -0.369 e. The maximum absolute atomic E-state index is 10.6. The van der Waals surface area contributed by atoms with Crippen molar-refractivity contribution in [2.24, 2.45) is 5.73 Å². The second kappa shape index (κ2) is 4.78. The quantitative estimate of drug-likeness (QED) is 0.805. The average molecular weight is 203 g/mol. The third kappa shape index (κ3) is 3.24. The first kappa shape index (κ1) is 11.5. The molecule has 0 aromatic heterocycles. The molecule has 1 aromatic carbocycles. The first-order chi connectivity index (χ1) is 7.00. The highest BCUT2D eigenvalue weighted by Crippen LogP contribution is 2.17. The summed E-state index contributed by atoms with van der Waals surface area (Å²) in [6, 6.07) is 4.27. The number of hydrogen-bond donors (Lipinski definition) is 1. The highest BCUT2D eigenvalue weighted by Gasteiger charge is 1.99. The van der Waals surface area contributed by atoms with Gasteiger partial charge in [-0.1, -0.05) is 29.8 Å². The fraction of sp³-hybridized carbons (Fsp3) is 0.308. The van der Waals surface area contributed by atoms with Gasteiger partial charge < -0.3 is 5.73 Å². The number of nitrogens with two attached hydrogens (primary N) is 1. The molecule has 0 heterocycles. The normalized spacial score (nSPS) is 10.9. The lowest BCUT2D eigenvalue weighted by molar-refractivity contribution is -0.117. The Morgan fingerprint density at radius 1 is 1.27 bits per heavy atom. The smallest absolute Gasteiger partial charge is 0.221 e. The zero-order valence-corrected chi connectivity index (χ0v) is 9.50. The summed E-state index contributed by atoms with van der Waals surface area (Å²) in [5.74, 6) is -0.298. The molecule has 80 valence electrons. The largest absolute Gasteiger partial charge is 0.369 e. The van der Waals surface area contributed by atoms with Gasteiger partial charge >= 0.3 is 0 Å². The molecule has 15 heavy (non-hydrogen) atoms. The number of rotatable bonds is 3. The molecule has 0 fully saturated rings. The topological polar surface area (TPSA) is 43.1 Å². The van der Waals surface area contributed by atoms with Crippen molar-refractivity contribution in [1.29, 1.82) is 0 Å². The van der Waals surface area contributed by atoms with Gasteiger partial charge in [-0.15, -0.1) is 0 Å². The van der Waals surface area contributed by atoms with E-state index < -0.39 is 0 Å². The lowest BCUT2D eigenvalue weighted by atomic mass is 9.99. The molecule has 0 saturated heterocycles. The maximum atomic E-state index is 10.6. The van der Waals surface area contributed by atoms with E-state index in [-0.39, 0.29) is 5.91 Å². The Kier molecular flexibility index (Phi) is 3.67. The summed E-state index contributed by atoms with van der Waals surface area (Å²) in [5.41, 5.74) is 9.97. The first-order valence-corrected chi connectivity index (χ1v) is 5.03. The Morgan fingerprint density at radius 2 is 1.80 bits per heavy atom. The van der Waals surface area contributed by atoms with Crippen LogP contribution in [0.2, 0.25) is 0 Å². The third-order valence-corrected chi connectivity index (χ3v) is 2.34. The number of amides is 1. The van der Waals surface area contributed by atoms with Gasteiger partial charge in [0.1, 0.15) is 0 Å². The summed E-state index contributed by atoms with van der Waals surface area (Å²) < 4.78 is 0. The molecule has 0 saturated carbocycles. The molecule has 0 aliphatic rings. The molecule has 2 N–H and O–H groups in total. The zero-order valence-electron chi connectivity index (χ0n) is 9.50. The van der Waals surface area contributed by atoms with Crippen LogP contribution in [0.25, 0.3) is 6.08 Å². The van der Waals surface area contributed by atoms with Crippen LogP contribution in [0.3, 0.4) is 0 Å². The Bertz CT molecular complexity index is 382. The predicted octanol–water partition coefficient (Wildman–Crippen LogP) is 2.50. The third-order valence-electron chi connectivity index (χ3n) is 2.34. The molecule has 0 unspecified atom stereocenters. The standard InChI is InChI=1S/C13H17NO/c1-9-7-10(2)12(11(3)8-9)5-4-6-13(14)15/h4-5,7-8H,6H2,1-3H3,(H2,14,15). The molecule has 2 nitrogen and oxygen atoms in total. The second-order valence-electron chi connectivity index (χ2n) is 3.89. The first-order valence-electron chi connectivity index (χ1n) is 5.03. The summed E-state index contributed by atoms with van der Waals surface area (Å²) in [7, 11) is 0. The summed E-state index contributed by atoms with van der Waals surface area (Å²) in [6.45, 7) is 6.23. The van der Waals surface area contributed by atoms with Crippen LogP contribution in [-0.2, 0) is 4.79 Å². The minimum atomic E-state index is -0.298. The van der Waals surface area contributed by atoms with Crippen molar-refractivity contribution in [2.75, 3.05) is 0 Å². The lowest BCUT2D eigenvalue weighted by Crippen LogP contribution is -2.07. The number of carbonyl (C=O) groups excluding carboxylic acids is 1. The fourth-order valence-corrected chi connectivity index (χ4v) is 1.75. The van der Waals surface area contributed by atoms with Crippen molar-refractivity contribution in [1.82, 2.24) is 0 Å². The number of hydrogen-bond acceptors (Lipinski definition) is 1. The fourth-order valence-electron chi connectivity index (χ4n) is 1.75. The van der Waals surface area contributed by atoms with E-state index in [1.54, 1.807) is 0 Å². The average Bonchev–Trinajstić information content (AvgIpc) is 2.08. The van der Waals surface area contributed by atoms with Gasteiger partial charge in [-0.3, -0.25) is 4.79 Å². The van der Waals surface area contributed by atoms with Crippen LogP contribution in [0, 0.1) is 20.8 Å². The van der Waals surface area contributed by atoms with Gasteiger partial charge in [0.15, 0.2) is 0 Å². The molecule has 0 aliphatic heterocycles. The van der Waals surface area contributed by atoms with Crippen LogP contribution in [0.15, 0.2) is 18.2 Å². The van der Waals surface area contributed by atoms with Crippen molar-refractivity contribution in [3.8, 4) is 0 Å². The molecule has 0 bridgehead atoms. The number of aryl methyl sites for hydroxylation is 3. The molecule has 1 aromatic rings. The summed E-state index contributed by atoms with van der Waals surface area (Å²) in [5, 5.41) is 0. The SMILES string of the molecule is Cc1cc(C)c(C=CCC(N)=O)c(C)c1. The van der Waals surface area contributed by atoms with Gasteiger partial charge in [-0.2, -0.15) is 0 Å². The maximum Gasteiger partial charge on any atom is 0.221 e. The van der Waals surface area contributed by atoms with Crippen molar-refractivity contribution in [3.63, 3.8) is 0 Å². The second-order valence-corrected chi connectivity index (χ2v) is 3.89. The van der Waals surface area contributed by atoms with Gasteiger partial charge in [-0.05, 0) is 37.5 Å². The van der Waals surface area contributed by atoms with Crippen molar-refractivity contribution < 1.29 is 4.79 Å². The molecule has 2 heteroatoms. The van der Waals surface area contributed by atoms with Crippen molar-refractivity contribution in [3.05, 3.63) is 40.5 Å². The lowest BCUT2D eigenvalue weighted by Gasteiger charge is -2.06. The summed E-state index contributed by atoms with van der Waals surface area (Å²) in [6.07, 6.45) is 4.08. The Balaban J connectivity index is 2.94. The summed E-state index contributed by atoms with van der Waals surface area (Å²) >= 11 is 0. The van der Waals surface area contributed by atoms with E-state index in [9.17, 15) is 4.79 Å². The van der Waals surface area contributed by atoms with E-state index in [0.29, 0.717) is 6.42 Å². The van der Waals surface area contributed by atoms with Gasteiger partial charge in [0, 0.05) is 6.42 Å². The minimum absolute atomic E-state index is 0.298. The van der Waals surface area contributed by atoms with Crippen molar-refractivity contribution in [2.45, 2.75) is 27.2 Å². The molecule has 0 atom stereocenters. The van der Waals surface area contributed by atoms with Crippen molar-refractivity contribution >= 4 is 12.0 Å². The highest BCUT2D eigenvalue weighted by atomic mass is 16.1. The molecule has 1 amide bonds. The van der Waals surface area contributed by atoms with E-state index in [1.807, 2.05) is 12.2 Å². The van der Waals surface area contributed by atoms with Crippen LogP contribution in [-0.4, -0.2) is 5.91 Å². The van der Waals surface area contributed by atoms with Gasteiger partial charge in [0.2, 0.25) is 5.91 Å². The Hall–Kier alpha value is -1.57. The van der Waals surface area contributed by atoms with E-state index in [1.165, 1.54) is 22.3 Å². The van der Waals surface area contributed by atoms with E-state index in [0.717, 1.165) is 0 Å². The molecular weight excluding hydrogens is 186 g/mol. The summed E-state index contributed by atoms with van der Waals surface area (Å²) in [4.78, 5) is 10.6. The van der Waals surface area contributed by atoms with Crippen LogP contribution in [0.1, 0.15) is 28.7 Å². The van der Waals surface area contributed by atoms with Crippen LogP contribution >= 0.6 is 0 Å². The molecule has 1 rings (SSSR count). The van der Waals surface area contributed by atoms with Crippen LogP contribution in [0.5, 0.6) is 0 Å². The molecule has 0 radical (unpaired) electrons. The molecular formula is C13H17NO. The van der Waals surface area contributed by atoms with E-state index in [2.05, 4.69) is 32.9 Å². The molecule has 0 spiro atoms. The number of primary amides is 1. The monoisotopic (exact) mass is 203 g/mol. The zero-order chi connectivity index (χ0) is 11.4. The number of benzene rings is 1. The predicted molar refractivity (Wildman–Crippen MR) is 63.5 cm³/mol. The van der Waals surface area contributed by atoms with Crippen LogP contribution < -0.4 is 5.73 Å². The van der Waals surface area contributed by atoms with Gasteiger partial charge in [0.05, 0.1) is 0 Å².